The van der Waals surface area contributed by atoms with Gasteiger partial charge in [0.15, 0.2) is 0 Å². The van der Waals surface area contributed by atoms with E-state index in [-0.39, 0.29) is 17.5 Å². The fraction of sp³-hybridized carbons (Fsp3) is 0.545. The van der Waals surface area contributed by atoms with Crippen LogP contribution in [0.3, 0.4) is 0 Å². The largest absolute Gasteiger partial charge is 0.462 e. The van der Waals surface area contributed by atoms with E-state index in [9.17, 15) is 19.8 Å². The molecule has 0 radical (unpaired) electrons. The molecule has 0 spiro atoms. The highest BCUT2D eigenvalue weighted by molar-refractivity contribution is 5.95. The maximum atomic E-state index is 12.4. The fourth-order valence-corrected chi connectivity index (χ4v) is 3.93. The number of methoxy groups -OCH3 is 1. The normalized spacial score (nSPS) is 27.8. The van der Waals surface area contributed by atoms with Crippen LogP contribution in [0.4, 0.5) is 5.69 Å². The van der Waals surface area contributed by atoms with Gasteiger partial charge in [0.2, 0.25) is 12.2 Å². The average molecular weight is 433 g/mol. The van der Waals surface area contributed by atoms with Gasteiger partial charge in [-0.1, -0.05) is 0 Å². The lowest BCUT2D eigenvalue weighted by Crippen LogP contribution is -2.63. The molecule has 31 heavy (non-hydrogen) atoms. The first-order chi connectivity index (χ1) is 14.6. The minimum absolute atomic E-state index is 0.0353. The molecule has 1 aliphatic heterocycles. The zero-order chi connectivity index (χ0) is 22.5. The second kappa shape index (κ2) is 7.90. The van der Waals surface area contributed by atoms with E-state index in [1.54, 1.807) is 39.0 Å². The van der Waals surface area contributed by atoms with Crippen molar-refractivity contribution in [2.24, 2.45) is 5.92 Å². The Balaban J connectivity index is 1.60. The Hall–Kier alpha value is -2.46. The van der Waals surface area contributed by atoms with Crippen molar-refractivity contribution >= 4 is 22.6 Å². The van der Waals surface area contributed by atoms with E-state index in [0.717, 1.165) is 12.8 Å². The first-order valence-electron chi connectivity index (χ1n) is 10.2. The predicted octanol–water partition coefficient (Wildman–Crippen LogP) is 1.70. The summed E-state index contributed by atoms with van der Waals surface area (Å²) in [5, 5.41) is 24.1. The van der Waals surface area contributed by atoms with Crippen LogP contribution in [0.2, 0.25) is 0 Å². The van der Waals surface area contributed by atoms with Crippen LogP contribution < -0.4 is 15.7 Å². The number of fused-ring (bicyclic) bond motifs is 1. The summed E-state index contributed by atoms with van der Waals surface area (Å²) < 4.78 is 22.4. The van der Waals surface area contributed by atoms with Crippen molar-refractivity contribution in [3.05, 3.63) is 34.2 Å². The minimum atomic E-state index is -1.35. The Morgan fingerprint density at radius 3 is 2.58 bits per heavy atom. The van der Waals surface area contributed by atoms with Gasteiger partial charge in [0.1, 0.15) is 35.3 Å². The molecule has 2 aromatic rings. The number of aliphatic hydroxyl groups excluding tert-OH is 2. The van der Waals surface area contributed by atoms with Crippen LogP contribution in [-0.4, -0.2) is 53.4 Å². The van der Waals surface area contributed by atoms with E-state index >= 15 is 0 Å². The van der Waals surface area contributed by atoms with Crippen molar-refractivity contribution in [1.82, 2.24) is 0 Å². The molecule has 2 aliphatic rings. The van der Waals surface area contributed by atoms with Gasteiger partial charge in [0.05, 0.1) is 5.60 Å². The topological polar surface area (TPSA) is 127 Å². The molecule has 1 amide bonds. The third kappa shape index (κ3) is 4.06. The number of benzene rings is 1. The van der Waals surface area contributed by atoms with E-state index in [4.69, 9.17) is 18.6 Å². The first kappa shape index (κ1) is 21.8. The maximum Gasteiger partial charge on any atom is 0.360 e. The standard InChI is InChI=1S/C22H27NO8/c1-10-14(29-21-16(25)15(24)18(28-4)22(2,3)31-21)8-7-12-9-13(20(27)30-17(10)12)23-19(26)11-5-6-11/h7-9,11,15-16,18,21,24-25H,5-6H2,1-4H3,(H,23,26)/t15-,16+,18+,21+/m0/s1. The fourth-order valence-electron chi connectivity index (χ4n) is 3.93. The van der Waals surface area contributed by atoms with E-state index < -0.39 is 35.8 Å². The molecule has 9 heteroatoms. The lowest BCUT2D eigenvalue weighted by Gasteiger charge is -2.46. The monoisotopic (exact) mass is 433 g/mol. The minimum Gasteiger partial charge on any atom is -0.462 e. The van der Waals surface area contributed by atoms with E-state index in [2.05, 4.69) is 5.32 Å². The highest BCUT2D eigenvalue weighted by Gasteiger charge is 2.50. The van der Waals surface area contributed by atoms with Crippen LogP contribution in [0.5, 0.6) is 5.75 Å². The van der Waals surface area contributed by atoms with Gasteiger partial charge < -0.3 is 34.2 Å². The number of carbonyl (C=O) groups is 1. The summed E-state index contributed by atoms with van der Waals surface area (Å²) in [5.41, 5.74) is -0.656. The van der Waals surface area contributed by atoms with Crippen molar-refractivity contribution in [3.8, 4) is 5.75 Å². The van der Waals surface area contributed by atoms with Crippen molar-refractivity contribution in [1.29, 1.82) is 0 Å². The SMILES string of the molecule is CO[C@@H]1[C@@H](O)[C@@H](O)[C@H](Oc2ccc3cc(NC(=O)C4CC4)c(=O)oc3c2C)OC1(C)C. The first-order valence-corrected chi connectivity index (χ1v) is 10.2. The maximum absolute atomic E-state index is 12.4. The number of carbonyl (C=O) groups excluding carboxylic acids is 1. The number of rotatable bonds is 5. The quantitative estimate of drug-likeness (QED) is 0.608. The summed E-state index contributed by atoms with van der Waals surface area (Å²) in [4.78, 5) is 24.4. The highest BCUT2D eigenvalue weighted by Crippen LogP contribution is 2.35. The second-order valence-electron chi connectivity index (χ2n) is 8.66. The molecule has 1 aromatic heterocycles. The molecule has 2 fully saturated rings. The number of nitrogens with one attached hydrogen (secondary N) is 1. The molecule has 4 rings (SSSR count). The summed E-state index contributed by atoms with van der Waals surface area (Å²) >= 11 is 0. The lowest BCUT2D eigenvalue weighted by atomic mass is 9.89. The molecule has 3 N–H and O–H groups in total. The molecule has 4 atom stereocenters. The van der Waals surface area contributed by atoms with Gasteiger partial charge in [0.25, 0.3) is 0 Å². The Morgan fingerprint density at radius 1 is 1.23 bits per heavy atom. The van der Waals surface area contributed by atoms with Crippen molar-refractivity contribution in [2.75, 3.05) is 12.4 Å². The van der Waals surface area contributed by atoms with Gasteiger partial charge in [0, 0.05) is 24.0 Å². The third-order valence-corrected chi connectivity index (χ3v) is 5.85. The smallest absolute Gasteiger partial charge is 0.360 e. The number of hydrogen-bond donors (Lipinski definition) is 3. The third-order valence-electron chi connectivity index (χ3n) is 5.85. The van der Waals surface area contributed by atoms with Gasteiger partial charge in [-0.2, -0.15) is 0 Å². The van der Waals surface area contributed by atoms with Gasteiger partial charge >= 0.3 is 5.63 Å². The molecular weight excluding hydrogens is 406 g/mol. The summed E-state index contributed by atoms with van der Waals surface area (Å²) in [5.74, 6) is 0.113. The molecule has 1 aliphatic carbocycles. The number of amides is 1. The molecule has 1 saturated heterocycles. The molecular formula is C22H27NO8. The van der Waals surface area contributed by atoms with Crippen LogP contribution in [-0.2, 0) is 14.3 Å². The van der Waals surface area contributed by atoms with Crippen molar-refractivity contribution < 1.29 is 33.6 Å². The summed E-state index contributed by atoms with van der Waals surface area (Å²) in [6, 6.07) is 4.91. The number of aliphatic hydroxyl groups is 2. The molecule has 1 saturated carbocycles. The van der Waals surface area contributed by atoms with Gasteiger partial charge in [-0.15, -0.1) is 0 Å². The number of aryl methyl sites for hydroxylation is 1. The van der Waals surface area contributed by atoms with E-state index in [1.165, 1.54) is 7.11 Å². The Bertz CT molecular complexity index is 1060. The van der Waals surface area contributed by atoms with Crippen LogP contribution >= 0.6 is 0 Å². The Kier molecular flexibility index (Phi) is 5.55. The summed E-state index contributed by atoms with van der Waals surface area (Å²) in [7, 11) is 1.43. The predicted molar refractivity (Wildman–Crippen MR) is 111 cm³/mol. The molecule has 0 bridgehead atoms. The summed E-state index contributed by atoms with van der Waals surface area (Å²) in [6.07, 6.45) is -2.79. The zero-order valence-electron chi connectivity index (χ0n) is 17.9. The Morgan fingerprint density at radius 2 is 1.94 bits per heavy atom. The molecule has 2 heterocycles. The van der Waals surface area contributed by atoms with Gasteiger partial charge in [-0.05, 0) is 51.8 Å². The molecule has 168 valence electrons. The number of ether oxygens (including phenoxy) is 3. The van der Waals surface area contributed by atoms with Crippen molar-refractivity contribution in [3.63, 3.8) is 0 Å². The zero-order valence-corrected chi connectivity index (χ0v) is 17.9. The number of anilines is 1. The number of hydrogen-bond acceptors (Lipinski definition) is 8. The lowest BCUT2D eigenvalue weighted by molar-refractivity contribution is -0.306. The second-order valence-corrected chi connectivity index (χ2v) is 8.66. The average Bonchev–Trinajstić information content (AvgIpc) is 3.54. The highest BCUT2D eigenvalue weighted by atomic mass is 16.7. The van der Waals surface area contributed by atoms with E-state index in [0.29, 0.717) is 22.3 Å². The molecule has 9 nitrogen and oxygen atoms in total. The Labute approximate surface area is 178 Å². The van der Waals surface area contributed by atoms with Gasteiger partial charge in [-0.25, -0.2) is 4.79 Å². The van der Waals surface area contributed by atoms with E-state index in [1.807, 2.05) is 0 Å². The van der Waals surface area contributed by atoms with Crippen LogP contribution in [0.15, 0.2) is 27.4 Å². The molecule has 0 unspecified atom stereocenters. The van der Waals surface area contributed by atoms with Crippen LogP contribution in [0.25, 0.3) is 11.0 Å². The van der Waals surface area contributed by atoms with Crippen LogP contribution in [0, 0.1) is 12.8 Å². The van der Waals surface area contributed by atoms with Crippen molar-refractivity contribution in [2.45, 2.75) is 63.8 Å². The van der Waals surface area contributed by atoms with Gasteiger partial charge in [-0.3, -0.25) is 4.79 Å². The van der Waals surface area contributed by atoms with Crippen LogP contribution in [0.1, 0.15) is 32.3 Å². The molecule has 1 aromatic carbocycles. The summed E-state index contributed by atoms with van der Waals surface area (Å²) in [6.45, 7) is 5.17.